The van der Waals surface area contributed by atoms with Crippen LogP contribution >= 0.6 is 0 Å². The fraction of sp³-hybridized carbons (Fsp3) is 0.688. The summed E-state index contributed by atoms with van der Waals surface area (Å²) >= 11 is 0. The van der Waals surface area contributed by atoms with Crippen molar-refractivity contribution in [2.75, 3.05) is 25.0 Å². The quantitative estimate of drug-likeness (QED) is 0.906. The first-order valence-electron chi connectivity index (χ1n) is 7.93. The van der Waals surface area contributed by atoms with Crippen LogP contribution in [-0.2, 0) is 4.79 Å². The molecule has 1 aromatic heterocycles. The molecule has 1 fully saturated rings. The first-order valence-corrected chi connectivity index (χ1v) is 7.93. The average molecular weight is 290 g/mol. The Bertz CT molecular complexity index is 481. The van der Waals surface area contributed by atoms with Crippen molar-refractivity contribution in [2.24, 2.45) is 0 Å². The Labute approximate surface area is 127 Å². The van der Waals surface area contributed by atoms with E-state index in [1.165, 1.54) is 6.42 Å². The number of nitrogens with zero attached hydrogens (tertiary/aromatic N) is 3. The van der Waals surface area contributed by atoms with E-state index in [0.29, 0.717) is 18.9 Å². The number of carbonyl (C=O) groups excluding carboxylic acids is 1. The summed E-state index contributed by atoms with van der Waals surface area (Å²) in [5.74, 6) is 2.22. The van der Waals surface area contributed by atoms with E-state index in [1.54, 1.807) is 0 Å². The van der Waals surface area contributed by atoms with Crippen LogP contribution in [0, 0.1) is 6.92 Å². The average Bonchev–Trinajstić information content (AvgIpc) is 2.47. The van der Waals surface area contributed by atoms with Crippen molar-refractivity contribution in [2.45, 2.75) is 52.4 Å². The molecule has 5 nitrogen and oxygen atoms in total. The zero-order chi connectivity index (χ0) is 15.2. The third kappa shape index (κ3) is 4.69. The number of anilines is 1. The Morgan fingerprint density at radius 1 is 1.29 bits per heavy atom. The number of amides is 1. The number of likely N-dealkylation sites (tertiary alicyclic amines) is 1. The molecule has 116 valence electrons. The predicted octanol–water partition coefficient (Wildman–Crippen LogP) is 2.72. The molecule has 1 N–H and O–H groups in total. The van der Waals surface area contributed by atoms with Gasteiger partial charge in [-0.1, -0.05) is 13.8 Å². The number of hydrogen-bond donors (Lipinski definition) is 1. The summed E-state index contributed by atoms with van der Waals surface area (Å²) in [4.78, 5) is 23.0. The predicted molar refractivity (Wildman–Crippen MR) is 84.4 cm³/mol. The molecule has 0 unspecified atom stereocenters. The van der Waals surface area contributed by atoms with Gasteiger partial charge in [0.25, 0.3) is 0 Å². The van der Waals surface area contributed by atoms with Gasteiger partial charge in [0, 0.05) is 43.7 Å². The maximum Gasteiger partial charge on any atom is 0.224 e. The number of rotatable bonds is 5. The van der Waals surface area contributed by atoms with E-state index >= 15 is 0 Å². The topological polar surface area (TPSA) is 58.1 Å². The Morgan fingerprint density at radius 2 is 2.00 bits per heavy atom. The van der Waals surface area contributed by atoms with Gasteiger partial charge in [-0.25, -0.2) is 9.97 Å². The van der Waals surface area contributed by atoms with Gasteiger partial charge in [-0.05, 0) is 26.2 Å². The van der Waals surface area contributed by atoms with E-state index in [1.807, 2.05) is 17.9 Å². The highest BCUT2D eigenvalue weighted by Gasteiger charge is 2.15. The highest BCUT2D eigenvalue weighted by Crippen LogP contribution is 2.14. The maximum atomic E-state index is 12.1. The molecule has 1 amide bonds. The van der Waals surface area contributed by atoms with E-state index in [4.69, 9.17) is 0 Å². The molecule has 0 aliphatic carbocycles. The normalized spacial score (nSPS) is 15.3. The van der Waals surface area contributed by atoms with Crippen LogP contribution < -0.4 is 5.32 Å². The van der Waals surface area contributed by atoms with Crippen LogP contribution in [0.1, 0.15) is 57.0 Å². The number of aromatic nitrogens is 2. The van der Waals surface area contributed by atoms with Gasteiger partial charge >= 0.3 is 0 Å². The summed E-state index contributed by atoms with van der Waals surface area (Å²) in [7, 11) is 0. The van der Waals surface area contributed by atoms with Crippen LogP contribution in [0.3, 0.4) is 0 Å². The number of nitrogens with one attached hydrogen (secondary N) is 1. The van der Waals surface area contributed by atoms with Gasteiger partial charge in [0.15, 0.2) is 0 Å². The van der Waals surface area contributed by atoms with Gasteiger partial charge in [0.05, 0.1) is 0 Å². The van der Waals surface area contributed by atoms with Crippen LogP contribution in [-0.4, -0.2) is 40.4 Å². The van der Waals surface area contributed by atoms with Gasteiger partial charge in [-0.3, -0.25) is 4.79 Å². The number of hydrogen-bond acceptors (Lipinski definition) is 4. The molecule has 21 heavy (non-hydrogen) atoms. The molecule has 0 aromatic carbocycles. The molecule has 1 aliphatic heterocycles. The van der Waals surface area contributed by atoms with Gasteiger partial charge in [-0.15, -0.1) is 0 Å². The molecule has 1 aliphatic rings. The summed E-state index contributed by atoms with van der Waals surface area (Å²) in [6.45, 7) is 8.60. The molecule has 0 saturated carbocycles. The van der Waals surface area contributed by atoms with Gasteiger partial charge < -0.3 is 10.2 Å². The fourth-order valence-corrected chi connectivity index (χ4v) is 2.54. The Balaban J connectivity index is 1.84. The lowest BCUT2D eigenvalue weighted by Crippen LogP contribution is -2.36. The van der Waals surface area contributed by atoms with Crippen molar-refractivity contribution >= 4 is 11.7 Å². The van der Waals surface area contributed by atoms with Crippen LogP contribution in [0.4, 0.5) is 5.82 Å². The summed E-state index contributed by atoms with van der Waals surface area (Å²) in [6.07, 6.45) is 4.06. The van der Waals surface area contributed by atoms with Crippen molar-refractivity contribution in [1.29, 1.82) is 0 Å². The number of aryl methyl sites for hydroxylation is 1. The van der Waals surface area contributed by atoms with Crippen LogP contribution in [0.5, 0.6) is 0 Å². The molecule has 2 heterocycles. The van der Waals surface area contributed by atoms with Crippen molar-refractivity contribution in [3.8, 4) is 0 Å². The second-order valence-corrected chi connectivity index (χ2v) is 6.03. The third-order valence-electron chi connectivity index (χ3n) is 3.74. The minimum Gasteiger partial charge on any atom is -0.369 e. The summed E-state index contributed by atoms with van der Waals surface area (Å²) in [5.41, 5.74) is 0.957. The highest BCUT2D eigenvalue weighted by atomic mass is 16.2. The zero-order valence-corrected chi connectivity index (χ0v) is 13.4. The van der Waals surface area contributed by atoms with Crippen molar-refractivity contribution in [1.82, 2.24) is 14.9 Å². The lowest BCUT2D eigenvalue weighted by molar-refractivity contribution is -0.131. The monoisotopic (exact) mass is 290 g/mol. The van der Waals surface area contributed by atoms with Gasteiger partial charge in [0.1, 0.15) is 11.6 Å². The maximum absolute atomic E-state index is 12.1. The summed E-state index contributed by atoms with van der Waals surface area (Å²) in [5, 5.41) is 3.25. The molecule has 0 radical (unpaired) electrons. The van der Waals surface area contributed by atoms with Crippen LogP contribution in [0.15, 0.2) is 6.07 Å². The molecular weight excluding hydrogens is 264 g/mol. The van der Waals surface area contributed by atoms with E-state index in [0.717, 1.165) is 43.3 Å². The van der Waals surface area contributed by atoms with Crippen molar-refractivity contribution < 1.29 is 4.79 Å². The first-order chi connectivity index (χ1) is 10.1. The van der Waals surface area contributed by atoms with E-state index < -0.39 is 0 Å². The SMILES string of the molecule is Cc1cc(NCCC(=O)N2CCCCC2)nc(C(C)C)n1. The van der Waals surface area contributed by atoms with E-state index in [9.17, 15) is 4.79 Å². The molecular formula is C16H26N4O. The fourth-order valence-electron chi connectivity index (χ4n) is 2.54. The Morgan fingerprint density at radius 3 is 2.67 bits per heavy atom. The standard InChI is InChI=1S/C16H26N4O/c1-12(2)16-18-13(3)11-14(19-16)17-8-7-15(21)20-9-5-4-6-10-20/h11-12H,4-10H2,1-3H3,(H,17,18,19). The minimum atomic E-state index is 0.247. The summed E-state index contributed by atoms with van der Waals surface area (Å²) in [6, 6.07) is 1.93. The Kier molecular flexibility index (Phi) is 5.53. The number of carbonyl (C=O) groups is 1. The largest absolute Gasteiger partial charge is 0.369 e. The minimum absolute atomic E-state index is 0.247. The second-order valence-electron chi connectivity index (χ2n) is 6.03. The zero-order valence-electron chi connectivity index (χ0n) is 13.4. The molecule has 0 atom stereocenters. The molecule has 0 spiro atoms. The molecule has 5 heteroatoms. The van der Waals surface area contributed by atoms with Crippen molar-refractivity contribution in [3.63, 3.8) is 0 Å². The van der Waals surface area contributed by atoms with Gasteiger partial charge in [0.2, 0.25) is 5.91 Å². The van der Waals surface area contributed by atoms with Crippen LogP contribution in [0.2, 0.25) is 0 Å². The molecule has 0 bridgehead atoms. The van der Waals surface area contributed by atoms with Crippen LogP contribution in [0.25, 0.3) is 0 Å². The van der Waals surface area contributed by atoms with E-state index in [-0.39, 0.29) is 5.91 Å². The number of piperidine rings is 1. The lowest BCUT2D eigenvalue weighted by Gasteiger charge is -2.26. The lowest BCUT2D eigenvalue weighted by atomic mass is 10.1. The molecule has 1 aromatic rings. The smallest absolute Gasteiger partial charge is 0.224 e. The molecule has 1 saturated heterocycles. The Hall–Kier alpha value is -1.65. The second kappa shape index (κ2) is 7.38. The first kappa shape index (κ1) is 15.7. The van der Waals surface area contributed by atoms with Gasteiger partial charge in [-0.2, -0.15) is 0 Å². The summed E-state index contributed by atoms with van der Waals surface area (Å²) < 4.78 is 0. The molecule has 2 rings (SSSR count). The highest BCUT2D eigenvalue weighted by molar-refractivity contribution is 5.76. The third-order valence-corrected chi connectivity index (χ3v) is 3.74. The van der Waals surface area contributed by atoms with Crippen molar-refractivity contribution in [3.05, 3.63) is 17.6 Å². The van der Waals surface area contributed by atoms with E-state index in [2.05, 4.69) is 29.1 Å².